The van der Waals surface area contributed by atoms with Crippen LogP contribution in [0.1, 0.15) is 89.8 Å². The van der Waals surface area contributed by atoms with Crippen LogP contribution in [0.4, 0.5) is 0 Å². The van der Waals surface area contributed by atoms with Crippen molar-refractivity contribution in [2.45, 2.75) is 103 Å². The zero-order valence-corrected chi connectivity index (χ0v) is 26.9. The number of rotatable bonds is 11. The predicted molar refractivity (Wildman–Crippen MR) is 167 cm³/mol. The summed E-state index contributed by atoms with van der Waals surface area (Å²) in [6.45, 7) is 7.83. The molecule has 3 atom stereocenters. The lowest BCUT2D eigenvalue weighted by Crippen LogP contribution is -2.53. The molecule has 0 saturated heterocycles. The molecule has 1 unspecified atom stereocenters. The minimum Gasteiger partial charge on any atom is -0.456 e. The number of amides is 2. The smallest absolute Gasteiger partial charge is 0.329 e. The second-order valence-electron chi connectivity index (χ2n) is 10.9. The van der Waals surface area contributed by atoms with E-state index in [1.807, 2.05) is 25.3 Å². The monoisotopic (exact) mass is 622 g/mol. The number of nitrogens with one attached hydrogen (secondary N) is 2. The Hall–Kier alpha value is -2.18. The van der Waals surface area contributed by atoms with Crippen molar-refractivity contribution in [3.05, 3.63) is 28.2 Å². The number of carbonyl (C=O) groups excluding carboxylic acids is 4. The first-order valence-corrected chi connectivity index (χ1v) is 17.2. The molecule has 2 aliphatic rings. The summed E-state index contributed by atoms with van der Waals surface area (Å²) in [6, 6.07) is -0.896. The van der Waals surface area contributed by atoms with Crippen LogP contribution in [0.2, 0.25) is 0 Å². The van der Waals surface area contributed by atoms with E-state index in [1.165, 1.54) is 54.1 Å². The Morgan fingerprint density at radius 2 is 2.02 bits per heavy atom. The van der Waals surface area contributed by atoms with Crippen molar-refractivity contribution in [1.82, 2.24) is 15.6 Å². The Bertz CT molecular complexity index is 1140. The van der Waals surface area contributed by atoms with Gasteiger partial charge in [0.15, 0.2) is 5.12 Å². The Balaban J connectivity index is 1.66. The highest BCUT2D eigenvalue weighted by molar-refractivity contribution is 8.14. The number of hydrogen-bond acceptors (Lipinski definition) is 10. The van der Waals surface area contributed by atoms with Gasteiger partial charge >= 0.3 is 5.97 Å². The summed E-state index contributed by atoms with van der Waals surface area (Å²) < 4.78 is 5.77. The molecule has 1 aromatic rings. The van der Waals surface area contributed by atoms with Crippen molar-refractivity contribution < 1.29 is 23.9 Å². The van der Waals surface area contributed by atoms with Crippen molar-refractivity contribution in [2.75, 3.05) is 11.5 Å². The topological polar surface area (TPSA) is 127 Å². The van der Waals surface area contributed by atoms with Gasteiger partial charge in [0.25, 0.3) is 0 Å². The summed E-state index contributed by atoms with van der Waals surface area (Å²) in [4.78, 5) is 60.7. The minimum atomic E-state index is -1.04. The maximum Gasteiger partial charge on any atom is 0.329 e. The number of cyclic esters (lactones) is 1. The standard InChI is InChI=1S/C29H42N4O5S3/c1-5-6-7-8-9-13-24(35)39-14-11-10-12-20-15-22(34)30-16-23-31-21(17-40-23)26-33-29(4,18-41-26)28(37)32-25(19(2)3)27(36)38-20/h10,12,17,19-20,25H,5-9,11,13-16,18H2,1-4H3,(H,30,34)(H,32,37)/b12-10+/t20?,25-,29-/m0/s1. The van der Waals surface area contributed by atoms with Crippen molar-refractivity contribution in [2.24, 2.45) is 10.9 Å². The number of unbranched alkanes of at least 4 members (excludes halogenated alkanes) is 4. The van der Waals surface area contributed by atoms with Gasteiger partial charge in [-0.3, -0.25) is 19.4 Å². The molecule has 2 aliphatic heterocycles. The second-order valence-corrected chi connectivity index (χ2v) is 13.9. The molecule has 2 amide bonds. The largest absolute Gasteiger partial charge is 0.456 e. The molecule has 0 aliphatic carbocycles. The lowest BCUT2D eigenvalue weighted by molar-refractivity contribution is -0.153. The van der Waals surface area contributed by atoms with Crippen LogP contribution in [0.15, 0.2) is 22.5 Å². The average Bonchev–Trinajstić information content (AvgIpc) is 3.56. The highest BCUT2D eigenvalue weighted by atomic mass is 32.2. The molecule has 0 fully saturated rings. The Morgan fingerprint density at radius 3 is 2.78 bits per heavy atom. The molecule has 0 radical (unpaired) electrons. The van der Waals surface area contributed by atoms with E-state index in [2.05, 4.69) is 27.5 Å². The van der Waals surface area contributed by atoms with Gasteiger partial charge in [0, 0.05) is 23.3 Å². The first kappa shape index (κ1) is 33.3. The van der Waals surface area contributed by atoms with E-state index < -0.39 is 23.7 Å². The number of fused-ring (bicyclic) bond motifs is 4. The number of thioether (sulfide) groups is 2. The van der Waals surface area contributed by atoms with E-state index in [4.69, 9.17) is 4.74 Å². The van der Waals surface area contributed by atoms with Gasteiger partial charge in [-0.2, -0.15) is 0 Å². The molecule has 226 valence electrons. The second kappa shape index (κ2) is 16.5. The van der Waals surface area contributed by atoms with Crippen LogP contribution in [-0.4, -0.2) is 62.1 Å². The number of aromatic nitrogens is 1. The van der Waals surface area contributed by atoms with Crippen molar-refractivity contribution in [1.29, 1.82) is 0 Å². The number of ether oxygens (including phenoxy) is 1. The molecular formula is C29H42N4O5S3. The summed E-state index contributed by atoms with van der Waals surface area (Å²) in [5.41, 5.74) is -0.354. The van der Waals surface area contributed by atoms with E-state index >= 15 is 0 Å². The Morgan fingerprint density at radius 1 is 1.24 bits per heavy atom. The third-order valence-electron chi connectivity index (χ3n) is 6.78. The van der Waals surface area contributed by atoms with Gasteiger partial charge in [0.1, 0.15) is 33.4 Å². The van der Waals surface area contributed by atoms with Gasteiger partial charge in [0.05, 0.1) is 13.0 Å². The molecule has 4 bridgehead atoms. The fourth-order valence-electron chi connectivity index (χ4n) is 4.26. The third kappa shape index (κ3) is 10.6. The van der Waals surface area contributed by atoms with Gasteiger partial charge < -0.3 is 15.4 Å². The molecule has 0 saturated carbocycles. The summed E-state index contributed by atoms with van der Waals surface area (Å²) >= 11 is 4.18. The molecule has 0 spiro atoms. The van der Waals surface area contributed by atoms with Crippen molar-refractivity contribution >= 4 is 62.8 Å². The van der Waals surface area contributed by atoms with E-state index in [0.717, 1.165) is 17.8 Å². The van der Waals surface area contributed by atoms with Gasteiger partial charge in [-0.15, -0.1) is 23.1 Å². The van der Waals surface area contributed by atoms with Crippen LogP contribution in [0.25, 0.3) is 0 Å². The number of nitrogens with zero attached hydrogens (tertiary/aromatic N) is 2. The van der Waals surface area contributed by atoms with Gasteiger partial charge in [-0.05, 0) is 31.8 Å². The number of aliphatic imine (C=N–C) groups is 1. The predicted octanol–water partition coefficient (Wildman–Crippen LogP) is 5.03. The Labute approximate surface area is 255 Å². The molecule has 9 nitrogen and oxygen atoms in total. The van der Waals surface area contributed by atoms with Crippen LogP contribution in [-0.2, 0) is 30.5 Å². The average molecular weight is 623 g/mol. The molecule has 41 heavy (non-hydrogen) atoms. The van der Waals surface area contributed by atoms with Crippen LogP contribution in [0.3, 0.4) is 0 Å². The molecule has 0 aromatic carbocycles. The van der Waals surface area contributed by atoms with Gasteiger partial charge in [0.2, 0.25) is 11.8 Å². The number of carbonyl (C=O) groups is 4. The van der Waals surface area contributed by atoms with Crippen LogP contribution in [0, 0.1) is 5.92 Å². The summed E-state index contributed by atoms with van der Waals surface area (Å²) in [6.07, 6.45) is 9.42. The van der Waals surface area contributed by atoms with Crippen LogP contribution < -0.4 is 10.6 Å². The normalized spacial score (nSPS) is 23.8. The van der Waals surface area contributed by atoms with Gasteiger partial charge in [-0.25, -0.2) is 9.78 Å². The van der Waals surface area contributed by atoms with Crippen LogP contribution in [0.5, 0.6) is 0 Å². The number of hydrogen-bond donors (Lipinski definition) is 2. The van der Waals surface area contributed by atoms with Crippen molar-refractivity contribution in [3.8, 4) is 0 Å². The molecule has 12 heteroatoms. The zero-order valence-electron chi connectivity index (χ0n) is 24.4. The fourth-order valence-corrected chi connectivity index (χ4v) is 6.96. The maximum absolute atomic E-state index is 13.3. The number of thiazole rings is 1. The summed E-state index contributed by atoms with van der Waals surface area (Å²) in [5, 5.41) is 9.17. The van der Waals surface area contributed by atoms with E-state index in [0.29, 0.717) is 35.1 Å². The highest BCUT2D eigenvalue weighted by Gasteiger charge is 2.41. The SMILES string of the molecule is CCCCCCCC(=O)SCC/C=C/C1CC(=O)NCc2nc(cs2)C2=N[C@@](C)(CS2)C(=O)N[C@@H](C(C)C)C(=O)O1. The minimum absolute atomic E-state index is 0.0661. The molecular weight excluding hydrogens is 581 g/mol. The van der Waals surface area contributed by atoms with E-state index in [-0.39, 0.29) is 35.8 Å². The van der Waals surface area contributed by atoms with E-state index in [1.54, 1.807) is 13.0 Å². The van der Waals surface area contributed by atoms with Crippen LogP contribution >= 0.6 is 34.9 Å². The van der Waals surface area contributed by atoms with Crippen molar-refractivity contribution in [3.63, 3.8) is 0 Å². The molecule has 1 aromatic heterocycles. The maximum atomic E-state index is 13.3. The highest BCUT2D eigenvalue weighted by Crippen LogP contribution is 2.32. The van der Waals surface area contributed by atoms with E-state index in [9.17, 15) is 19.2 Å². The molecule has 2 N–H and O–H groups in total. The number of allylic oxidation sites excluding steroid dienone is 1. The fraction of sp³-hybridized carbons (Fsp3) is 0.655. The zero-order chi connectivity index (χ0) is 29.8. The summed E-state index contributed by atoms with van der Waals surface area (Å²) in [5.74, 6) is -0.424. The lowest BCUT2D eigenvalue weighted by atomic mass is 10.0. The molecule has 3 heterocycles. The first-order valence-electron chi connectivity index (χ1n) is 14.4. The third-order valence-corrected chi connectivity index (χ3v) is 9.87. The first-order chi connectivity index (χ1) is 19.6. The van der Waals surface area contributed by atoms with Gasteiger partial charge in [-0.1, -0.05) is 64.3 Å². The molecule has 3 rings (SSSR count). The quantitative estimate of drug-likeness (QED) is 0.200. The number of esters is 1. The lowest BCUT2D eigenvalue weighted by Gasteiger charge is -2.27. The summed E-state index contributed by atoms with van der Waals surface area (Å²) in [7, 11) is 0. The Kier molecular flexibility index (Phi) is 13.4.